The van der Waals surface area contributed by atoms with Gasteiger partial charge >= 0.3 is 0 Å². The Hall–Kier alpha value is -0.550. The van der Waals surface area contributed by atoms with Crippen molar-refractivity contribution in [3.8, 4) is 0 Å². The van der Waals surface area contributed by atoms with Crippen LogP contribution in [0.3, 0.4) is 0 Å². The number of hydrogen-bond acceptors (Lipinski definition) is 4. The summed E-state index contributed by atoms with van der Waals surface area (Å²) >= 11 is 1.91. The van der Waals surface area contributed by atoms with Crippen molar-refractivity contribution >= 4 is 11.8 Å². The Morgan fingerprint density at radius 3 is 3.06 bits per heavy atom. The Morgan fingerprint density at radius 2 is 2.31 bits per heavy atom. The third kappa shape index (κ3) is 4.99. The second-order valence-corrected chi connectivity index (χ2v) is 4.76. The number of nitrogens with one attached hydrogen (secondary N) is 1. The van der Waals surface area contributed by atoms with Gasteiger partial charge in [-0.2, -0.15) is 16.9 Å². The van der Waals surface area contributed by atoms with Crippen LogP contribution in [0.15, 0.2) is 6.33 Å². The SMILES string of the molecule is CCCn1ncnc1CNCCCCSC. The summed E-state index contributed by atoms with van der Waals surface area (Å²) in [6.07, 6.45) is 7.42. The van der Waals surface area contributed by atoms with Crippen LogP contribution in [0.4, 0.5) is 0 Å². The van der Waals surface area contributed by atoms with E-state index in [1.165, 1.54) is 18.6 Å². The van der Waals surface area contributed by atoms with Gasteiger partial charge in [0.2, 0.25) is 0 Å². The maximum atomic E-state index is 4.25. The first-order valence-corrected chi connectivity index (χ1v) is 7.34. The Labute approximate surface area is 102 Å². The standard InChI is InChI=1S/C11H22N4S/c1-3-7-15-11(13-10-14-15)9-12-6-4-5-8-16-2/h10,12H,3-9H2,1-2H3. The van der Waals surface area contributed by atoms with Gasteiger partial charge in [-0.25, -0.2) is 9.67 Å². The van der Waals surface area contributed by atoms with Crippen LogP contribution < -0.4 is 5.32 Å². The Balaban J connectivity index is 2.13. The molecular formula is C11H22N4S. The number of aryl methyl sites for hydroxylation is 1. The molecule has 0 unspecified atom stereocenters. The highest BCUT2D eigenvalue weighted by molar-refractivity contribution is 7.98. The molecule has 0 atom stereocenters. The maximum Gasteiger partial charge on any atom is 0.140 e. The van der Waals surface area contributed by atoms with Gasteiger partial charge in [-0.3, -0.25) is 0 Å². The molecule has 0 saturated heterocycles. The van der Waals surface area contributed by atoms with Crippen LogP contribution >= 0.6 is 11.8 Å². The molecule has 92 valence electrons. The van der Waals surface area contributed by atoms with Gasteiger partial charge in [-0.05, 0) is 37.8 Å². The summed E-state index contributed by atoms with van der Waals surface area (Å²) in [6.45, 7) is 5.02. The third-order valence-electron chi connectivity index (χ3n) is 2.37. The van der Waals surface area contributed by atoms with Crippen molar-refractivity contribution in [2.45, 2.75) is 39.3 Å². The summed E-state index contributed by atoms with van der Waals surface area (Å²) in [4.78, 5) is 4.25. The largest absolute Gasteiger partial charge is 0.310 e. The van der Waals surface area contributed by atoms with E-state index in [9.17, 15) is 0 Å². The Bertz CT molecular complexity index is 275. The predicted molar refractivity (Wildman–Crippen MR) is 69.6 cm³/mol. The first-order chi connectivity index (χ1) is 7.88. The smallest absolute Gasteiger partial charge is 0.140 e. The van der Waals surface area contributed by atoms with Crippen molar-refractivity contribution in [3.63, 3.8) is 0 Å². The van der Waals surface area contributed by atoms with Crippen molar-refractivity contribution in [1.82, 2.24) is 20.1 Å². The van der Waals surface area contributed by atoms with Crippen LogP contribution in [0.2, 0.25) is 0 Å². The molecule has 0 aliphatic heterocycles. The molecule has 5 heteroatoms. The fourth-order valence-electron chi connectivity index (χ4n) is 1.52. The van der Waals surface area contributed by atoms with Crippen LogP contribution in [-0.4, -0.2) is 33.3 Å². The lowest BCUT2D eigenvalue weighted by Gasteiger charge is -2.05. The van der Waals surface area contributed by atoms with Crippen LogP contribution in [0.1, 0.15) is 32.0 Å². The van der Waals surface area contributed by atoms with Crippen LogP contribution in [0.5, 0.6) is 0 Å². The molecule has 4 nitrogen and oxygen atoms in total. The van der Waals surface area contributed by atoms with Gasteiger partial charge < -0.3 is 5.32 Å². The number of rotatable bonds is 9. The molecule has 1 rings (SSSR count). The van der Waals surface area contributed by atoms with E-state index >= 15 is 0 Å². The normalized spacial score (nSPS) is 10.9. The topological polar surface area (TPSA) is 42.7 Å². The van der Waals surface area contributed by atoms with Crippen molar-refractivity contribution in [1.29, 1.82) is 0 Å². The highest BCUT2D eigenvalue weighted by Gasteiger charge is 2.01. The van der Waals surface area contributed by atoms with Crippen LogP contribution in [0, 0.1) is 0 Å². The lowest BCUT2D eigenvalue weighted by Crippen LogP contribution is -2.18. The van der Waals surface area contributed by atoms with Crippen molar-refractivity contribution in [2.75, 3.05) is 18.6 Å². The highest BCUT2D eigenvalue weighted by Crippen LogP contribution is 1.99. The molecule has 0 bridgehead atoms. The molecule has 16 heavy (non-hydrogen) atoms. The number of hydrogen-bond donors (Lipinski definition) is 1. The van der Waals surface area contributed by atoms with Gasteiger partial charge in [-0.15, -0.1) is 0 Å². The molecule has 0 spiro atoms. The summed E-state index contributed by atoms with van der Waals surface area (Å²) < 4.78 is 1.98. The number of unbranched alkanes of at least 4 members (excludes halogenated alkanes) is 1. The lowest BCUT2D eigenvalue weighted by molar-refractivity contribution is 0.537. The van der Waals surface area contributed by atoms with E-state index < -0.39 is 0 Å². The second kappa shape index (κ2) is 8.58. The van der Waals surface area contributed by atoms with E-state index in [0.29, 0.717) is 0 Å². The van der Waals surface area contributed by atoms with Gasteiger partial charge in [0.05, 0.1) is 6.54 Å². The van der Waals surface area contributed by atoms with Gasteiger partial charge in [-0.1, -0.05) is 6.92 Å². The molecule has 0 aromatic carbocycles. The summed E-state index contributed by atoms with van der Waals surface area (Å²) in [5.74, 6) is 2.31. The zero-order valence-electron chi connectivity index (χ0n) is 10.3. The Kier molecular flexibility index (Phi) is 7.25. The van der Waals surface area contributed by atoms with E-state index in [0.717, 1.165) is 31.9 Å². The average molecular weight is 242 g/mol. The molecule has 1 N–H and O–H groups in total. The fourth-order valence-corrected chi connectivity index (χ4v) is 2.01. The molecule has 0 radical (unpaired) electrons. The third-order valence-corrected chi connectivity index (χ3v) is 3.06. The number of nitrogens with zero attached hydrogens (tertiary/aromatic N) is 3. The molecule has 1 heterocycles. The minimum atomic E-state index is 0.833. The minimum Gasteiger partial charge on any atom is -0.310 e. The quantitative estimate of drug-likeness (QED) is 0.672. The molecule has 1 aromatic heterocycles. The molecule has 0 aliphatic rings. The van der Waals surface area contributed by atoms with E-state index in [-0.39, 0.29) is 0 Å². The van der Waals surface area contributed by atoms with Gasteiger partial charge in [0.1, 0.15) is 12.2 Å². The molecule has 0 fully saturated rings. The summed E-state index contributed by atoms with van der Waals surface area (Å²) in [5, 5.41) is 7.61. The fraction of sp³-hybridized carbons (Fsp3) is 0.818. The van der Waals surface area contributed by atoms with E-state index in [1.807, 2.05) is 16.4 Å². The highest BCUT2D eigenvalue weighted by atomic mass is 32.2. The predicted octanol–water partition coefficient (Wildman–Crippen LogP) is 1.92. The van der Waals surface area contributed by atoms with E-state index in [2.05, 4.69) is 28.6 Å². The summed E-state index contributed by atoms with van der Waals surface area (Å²) in [5.41, 5.74) is 0. The summed E-state index contributed by atoms with van der Waals surface area (Å²) in [7, 11) is 0. The van der Waals surface area contributed by atoms with Crippen molar-refractivity contribution in [3.05, 3.63) is 12.2 Å². The first-order valence-electron chi connectivity index (χ1n) is 5.94. The molecule has 1 aromatic rings. The van der Waals surface area contributed by atoms with E-state index in [1.54, 1.807) is 6.33 Å². The van der Waals surface area contributed by atoms with E-state index in [4.69, 9.17) is 0 Å². The summed E-state index contributed by atoms with van der Waals surface area (Å²) in [6, 6.07) is 0. The number of thioether (sulfide) groups is 1. The molecule has 0 saturated carbocycles. The molecular weight excluding hydrogens is 220 g/mol. The van der Waals surface area contributed by atoms with Gasteiger partial charge in [0.25, 0.3) is 0 Å². The minimum absolute atomic E-state index is 0.833. The van der Waals surface area contributed by atoms with Crippen LogP contribution in [-0.2, 0) is 13.1 Å². The van der Waals surface area contributed by atoms with Crippen molar-refractivity contribution in [2.24, 2.45) is 0 Å². The van der Waals surface area contributed by atoms with Crippen molar-refractivity contribution < 1.29 is 0 Å². The maximum absolute atomic E-state index is 4.25. The second-order valence-electron chi connectivity index (χ2n) is 3.78. The molecule has 0 amide bonds. The van der Waals surface area contributed by atoms with Gasteiger partial charge in [0.15, 0.2) is 0 Å². The lowest BCUT2D eigenvalue weighted by atomic mass is 10.3. The van der Waals surface area contributed by atoms with Gasteiger partial charge in [0, 0.05) is 6.54 Å². The first kappa shape index (κ1) is 13.5. The number of aromatic nitrogens is 3. The zero-order chi connectivity index (χ0) is 11.6. The monoisotopic (exact) mass is 242 g/mol. The Morgan fingerprint density at radius 1 is 1.44 bits per heavy atom. The zero-order valence-corrected chi connectivity index (χ0v) is 11.1. The average Bonchev–Trinajstić information content (AvgIpc) is 2.72. The van der Waals surface area contributed by atoms with Crippen LogP contribution in [0.25, 0.3) is 0 Å². The molecule has 0 aliphatic carbocycles.